The maximum Gasteiger partial charge on any atom is 0.158 e. The Morgan fingerprint density at radius 1 is 1.39 bits per heavy atom. The van der Waals surface area contributed by atoms with Gasteiger partial charge in [-0.05, 0) is 13.8 Å². The third-order valence-corrected chi connectivity index (χ3v) is 2.74. The van der Waals surface area contributed by atoms with Crippen molar-refractivity contribution in [2.24, 2.45) is 5.73 Å². The van der Waals surface area contributed by atoms with Gasteiger partial charge in [-0.1, -0.05) is 12.2 Å². The second kappa shape index (κ2) is 9.47. The van der Waals surface area contributed by atoms with Crippen molar-refractivity contribution in [1.82, 2.24) is 5.32 Å². The van der Waals surface area contributed by atoms with Gasteiger partial charge in [-0.15, -0.1) is 0 Å². The SMILES string of the molecule is C=C(C)COCCNC(C)(CN)CC(OC)OC. The molecule has 0 saturated carbocycles. The Balaban J connectivity index is 3.95. The van der Waals surface area contributed by atoms with Crippen molar-refractivity contribution in [3.05, 3.63) is 12.2 Å². The lowest BCUT2D eigenvalue weighted by Crippen LogP contribution is -2.52. The molecular weight excluding hydrogens is 232 g/mol. The molecule has 0 aliphatic rings. The van der Waals surface area contributed by atoms with Crippen molar-refractivity contribution in [1.29, 1.82) is 0 Å². The second-order valence-corrected chi connectivity index (χ2v) is 4.81. The molecule has 0 amide bonds. The number of nitrogens with two attached hydrogens (primary N) is 1. The highest BCUT2D eigenvalue weighted by Gasteiger charge is 2.26. The van der Waals surface area contributed by atoms with Crippen molar-refractivity contribution < 1.29 is 14.2 Å². The molecule has 5 heteroatoms. The van der Waals surface area contributed by atoms with Crippen LogP contribution < -0.4 is 11.1 Å². The molecule has 1 atom stereocenters. The van der Waals surface area contributed by atoms with Crippen LogP contribution in [0.2, 0.25) is 0 Å². The first-order chi connectivity index (χ1) is 8.47. The highest BCUT2D eigenvalue weighted by atomic mass is 16.7. The normalized spacial score (nSPS) is 14.8. The van der Waals surface area contributed by atoms with Crippen molar-refractivity contribution >= 4 is 0 Å². The lowest BCUT2D eigenvalue weighted by molar-refractivity contribution is -0.117. The van der Waals surface area contributed by atoms with Crippen LogP contribution in [-0.4, -0.2) is 52.4 Å². The van der Waals surface area contributed by atoms with Crippen LogP contribution in [0.1, 0.15) is 20.3 Å². The van der Waals surface area contributed by atoms with E-state index >= 15 is 0 Å². The number of methoxy groups -OCH3 is 2. The third kappa shape index (κ3) is 7.79. The lowest BCUT2D eigenvalue weighted by atomic mass is 9.97. The van der Waals surface area contributed by atoms with Crippen molar-refractivity contribution in [2.45, 2.75) is 32.1 Å². The maximum absolute atomic E-state index is 5.80. The molecule has 18 heavy (non-hydrogen) atoms. The van der Waals surface area contributed by atoms with Crippen LogP contribution >= 0.6 is 0 Å². The molecule has 5 nitrogen and oxygen atoms in total. The smallest absolute Gasteiger partial charge is 0.158 e. The minimum atomic E-state index is -0.248. The van der Waals surface area contributed by atoms with E-state index < -0.39 is 0 Å². The van der Waals surface area contributed by atoms with Crippen molar-refractivity contribution in [3.63, 3.8) is 0 Å². The highest BCUT2D eigenvalue weighted by Crippen LogP contribution is 2.13. The summed E-state index contributed by atoms with van der Waals surface area (Å²) in [5.41, 5.74) is 6.60. The summed E-state index contributed by atoms with van der Waals surface area (Å²) in [6, 6.07) is 0. The van der Waals surface area contributed by atoms with Crippen LogP contribution in [0.15, 0.2) is 12.2 Å². The van der Waals surface area contributed by atoms with Crippen molar-refractivity contribution in [3.8, 4) is 0 Å². The summed E-state index contributed by atoms with van der Waals surface area (Å²) in [4.78, 5) is 0. The van der Waals surface area contributed by atoms with E-state index in [1.54, 1.807) is 14.2 Å². The first kappa shape index (κ1) is 17.5. The molecule has 0 aliphatic heterocycles. The van der Waals surface area contributed by atoms with Crippen LogP contribution in [0, 0.1) is 0 Å². The van der Waals surface area contributed by atoms with E-state index in [0.717, 1.165) is 12.1 Å². The topological polar surface area (TPSA) is 65.7 Å². The Labute approximate surface area is 111 Å². The zero-order valence-electron chi connectivity index (χ0n) is 12.1. The standard InChI is InChI=1S/C13H28N2O3/c1-11(2)9-18-7-6-15-13(3,10-14)8-12(16-4)17-5/h12,15H,1,6-10,14H2,2-5H3. The lowest BCUT2D eigenvalue weighted by Gasteiger charge is -2.32. The van der Waals surface area contributed by atoms with Crippen LogP contribution in [0.3, 0.4) is 0 Å². The molecule has 0 fully saturated rings. The van der Waals surface area contributed by atoms with E-state index in [4.69, 9.17) is 19.9 Å². The minimum Gasteiger partial charge on any atom is -0.376 e. The molecule has 0 aliphatic carbocycles. The van der Waals surface area contributed by atoms with Crippen molar-refractivity contribution in [2.75, 3.05) is 40.5 Å². The molecule has 1 unspecified atom stereocenters. The van der Waals surface area contributed by atoms with Gasteiger partial charge in [0.25, 0.3) is 0 Å². The molecule has 108 valence electrons. The Kier molecular flexibility index (Phi) is 9.23. The van der Waals surface area contributed by atoms with Gasteiger partial charge in [-0.25, -0.2) is 0 Å². The average Bonchev–Trinajstić information content (AvgIpc) is 2.35. The van der Waals surface area contributed by atoms with Crippen LogP contribution in [0.25, 0.3) is 0 Å². The van der Waals surface area contributed by atoms with E-state index in [2.05, 4.69) is 18.8 Å². The Morgan fingerprint density at radius 2 is 2.00 bits per heavy atom. The Morgan fingerprint density at radius 3 is 2.44 bits per heavy atom. The summed E-state index contributed by atoms with van der Waals surface area (Å²) < 4.78 is 15.8. The van der Waals surface area contributed by atoms with Gasteiger partial charge in [0.1, 0.15) is 0 Å². The van der Waals surface area contributed by atoms with Gasteiger partial charge in [-0.2, -0.15) is 0 Å². The summed E-state index contributed by atoms with van der Waals surface area (Å²) >= 11 is 0. The molecule has 0 aromatic rings. The van der Waals surface area contributed by atoms with E-state index in [1.807, 2.05) is 6.92 Å². The van der Waals surface area contributed by atoms with E-state index in [1.165, 1.54) is 0 Å². The highest BCUT2D eigenvalue weighted by molar-refractivity contribution is 4.88. The minimum absolute atomic E-state index is 0.219. The Bertz CT molecular complexity index is 232. The number of rotatable bonds is 11. The predicted octanol–water partition coefficient (Wildman–Crippen LogP) is 0.895. The fourth-order valence-corrected chi connectivity index (χ4v) is 1.53. The largest absolute Gasteiger partial charge is 0.376 e. The van der Waals surface area contributed by atoms with Crippen LogP contribution in [0.5, 0.6) is 0 Å². The van der Waals surface area contributed by atoms with Gasteiger partial charge < -0.3 is 25.3 Å². The van der Waals surface area contributed by atoms with Gasteiger partial charge in [0.2, 0.25) is 0 Å². The number of hydrogen-bond donors (Lipinski definition) is 2. The zero-order valence-corrected chi connectivity index (χ0v) is 12.1. The number of ether oxygens (including phenoxy) is 3. The van der Waals surface area contributed by atoms with Gasteiger partial charge in [-0.3, -0.25) is 0 Å². The fourth-order valence-electron chi connectivity index (χ4n) is 1.53. The monoisotopic (exact) mass is 260 g/mol. The molecule has 0 aromatic heterocycles. The van der Waals surface area contributed by atoms with Gasteiger partial charge in [0.05, 0.1) is 13.2 Å². The quantitative estimate of drug-likeness (QED) is 0.328. The average molecular weight is 260 g/mol. The molecule has 3 N–H and O–H groups in total. The first-order valence-electron chi connectivity index (χ1n) is 6.20. The third-order valence-electron chi connectivity index (χ3n) is 2.74. The summed E-state index contributed by atoms with van der Waals surface area (Å²) in [5.74, 6) is 0. The molecule has 0 spiro atoms. The molecule has 0 heterocycles. The van der Waals surface area contributed by atoms with Gasteiger partial charge >= 0.3 is 0 Å². The number of hydrogen-bond acceptors (Lipinski definition) is 5. The molecule has 0 rings (SSSR count). The maximum atomic E-state index is 5.80. The zero-order chi connectivity index (χ0) is 14.0. The second-order valence-electron chi connectivity index (χ2n) is 4.81. The first-order valence-corrected chi connectivity index (χ1v) is 6.20. The summed E-state index contributed by atoms with van der Waals surface area (Å²) in [7, 11) is 3.25. The molecule has 0 saturated heterocycles. The summed E-state index contributed by atoms with van der Waals surface area (Å²) in [6.07, 6.45) is 0.444. The number of nitrogens with one attached hydrogen (secondary N) is 1. The summed E-state index contributed by atoms with van der Waals surface area (Å²) in [6.45, 7) is 10.3. The molecular formula is C13H28N2O3. The van der Waals surface area contributed by atoms with Gasteiger partial charge in [0, 0.05) is 39.3 Å². The van der Waals surface area contributed by atoms with Gasteiger partial charge in [0.15, 0.2) is 6.29 Å². The molecule has 0 radical (unpaired) electrons. The fraction of sp³-hybridized carbons (Fsp3) is 0.846. The molecule has 0 aromatic carbocycles. The van der Waals surface area contributed by atoms with E-state index in [9.17, 15) is 0 Å². The van der Waals surface area contributed by atoms with E-state index in [-0.39, 0.29) is 11.8 Å². The van der Waals surface area contributed by atoms with Crippen LogP contribution in [-0.2, 0) is 14.2 Å². The predicted molar refractivity (Wildman–Crippen MR) is 73.5 cm³/mol. The Hall–Kier alpha value is -0.460. The molecule has 0 bridgehead atoms. The van der Waals surface area contributed by atoms with E-state index in [0.29, 0.717) is 26.2 Å². The summed E-state index contributed by atoms with van der Waals surface area (Å²) in [5, 5.41) is 3.38. The van der Waals surface area contributed by atoms with Crippen LogP contribution in [0.4, 0.5) is 0 Å².